The quantitative estimate of drug-likeness (QED) is 0.235. The Morgan fingerprint density at radius 1 is 0.900 bits per heavy atom. The summed E-state index contributed by atoms with van der Waals surface area (Å²) in [5.41, 5.74) is 2.51. The monoisotopic (exact) mass is 551 g/mol. The van der Waals surface area contributed by atoms with E-state index in [2.05, 4.69) is 5.32 Å². The zero-order chi connectivity index (χ0) is 28.6. The van der Waals surface area contributed by atoms with Gasteiger partial charge in [0.05, 0.1) is 13.2 Å². The Balaban J connectivity index is 1.49. The molecule has 5 N–H and O–H groups in total. The minimum Gasteiger partial charge on any atom is -0.464 e. The van der Waals surface area contributed by atoms with E-state index < -0.39 is 55.2 Å². The highest BCUT2D eigenvalue weighted by atomic mass is 16.7. The van der Waals surface area contributed by atoms with Gasteiger partial charge in [-0.15, -0.1) is 0 Å². The molecule has 1 saturated heterocycles. The summed E-state index contributed by atoms with van der Waals surface area (Å²) >= 11 is 0. The second kappa shape index (κ2) is 13.5. The Morgan fingerprint density at radius 3 is 2.25 bits per heavy atom. The predicted molar refractivity (Wildman–Crippen MR) is 144 cm³/mol. The Morgan fingerprint density at radius 2 is 1.57 bits per heavy atom. The minimum absolute atomic E-state index is 0.194. The van der Waals surface area contributed by atoms with Crippen LogP contribution in [0.1, 0.15) is 22.8 Å². The van der Waals surface area contributed by atoms with Gasteiger partial charge in [-0.05, 0) is 36.2 Å². The van der Waals surface area contributed by atoms with Gasteiger partial charge in [0.1, 0.15) is 36.2 Å². The number of esters is 1. The van der Waals surface area contributed by atoms with Gasteiger partial charge in [0.15, 0.2) is 0 Å². The zero-order valence-corrected chi connectivity index (χ0v) is 21.9. The highest BCUT2D eigenvalue weighted by molar-refractivity contribution is 5.97. The molecule has 0 unspecified atom stereocenters. The molecule has 10 heteroatoms. The van der Waals surface area contributed by atoms with Crippen LogP contribution < -0.4 is 10.1 Å². The van der Waals surface area contributed by atoms with Crippen LogP contribution in [0.25, 0.3) is 11.1 Å². The van der Waals surface area contributed by atoms with Crippen molar-refractivity contribution in [1.29, 1.82) is 0 Å². The maximum atomic E-state index is 13.0. The summed E-state index contributed by atoms with van der Waals surface area (Å²) in [6.07, 6.45) is -6.78. The van der Waals surface area contributed by atoms with Crippen molar-refractivity contribution in [1.82, 2.24) is 5.32 Å². The molecule has 40 heavy (non-hydrogen) atoms. The topological polar surface area (TPSA) is 155 Å². The van der Waals surface area contributed by atoms with Gasteiger partial charge in [0.2, 0.25) is 6.29 Å². The molecule has 1 aliphatic heterocycles. The van der Waals surface area contributed by atoms with E-state index in [0.717, 1.165) is 5.56 Å². The summed E-state index contributed by atoms with van der Waals surface area (Å²) in [5, 5.41) is 42.7. The molecular weight excluding hydrogens is 518 g/mol. The van der Waals surface area contributed by atoms with E-state index in [0.29, 0.717) is 22.4 Å². The van der Waals surface area contributed by atoms with Gasteiger partial charge in [-0.1, -0.05) is 60.7 Å². The summed E-state index contributed by atoms with van der Waals surface area (Å²) in [6, 6.07) is 22.0. The molecule has 0 aliphatic carbocycles. The third-order valence-corrected chi connectivity index (χ3v) is 6.60. The summed E-state index contributed by atoms with van der Waals surface area (Å²) in [7, 11) is 0. The number of para-hydroxylation sites is 1. The van der Waals surface area contributed by atoms with Crippen LogP contribution in [0.15, 0.2) is 78.9 Å². The molecule has 1 fully saturated rings. The molecular formula is C30H33NO9. The first-order chi connectivity index (χ1) is 19.3. The lowest BCUT2D eigenvalue weighted by atomic mass is 9.99. The smallest absolute Gasteiger partial charge is 0.328 e. The van der Waals surface area contributed by atoms with Gasteiger partial charge < -0.3 is 40.0 Å². The molecule has 1 heterocycles. The molecule has 3 aromatic carbocycles. The molecule has 0 radical (unpaired) electrons. The summed E-state index contributed by atoms with van der Waals surface area (Å²) in [5.74, 6) is -0.642. The van der Waals surface area contributed by atoms with Gasteiger partial charge >= 0.3 is 5.97 Å². The van der Waals surface area contributed by atoms with Crippen molar-refractivity contribution >= 4 is 11.9 Å². The van der Waals surface area contributed by atoms with Gasteiger partial charge in [0.25, 0.3) is 5.91 Å². The van der Waals surface area contributed by atoms with Crippen molar-refractivity contribution in [2.24, 2.45) is 0 Å². The van der Waals surface area contributed by atoms with E-state index in [9.17, 15) is 30.0 Å². The lowest BCUT2D eigenvalue weighted by Crippen LogP contribution is -2.60. The Labute approximate surface area is 231 Å². The number of ether oxygens (including phenoxy) is 3. The maximum absolute atomic E-state index is 13.0. The van der Waals surface area contributed by atoms with E-state index >= 15 is 0 Å². The average molecular weight is 552 g/mol. The molecule has 10 nitrogen and oxygen atoms in total. The van der Waals surface area contributed by atoms with Crippen LogP contribution in [0.5, 0.6) is 5.75 Å². The molecule has 1 amide bonds. The second-order valence-corrected chi connectivity index (χ2v) is 9.36. The van der Waals surface area contributed by atoms with Crippen LogP contribution >= 0.6 is 0 Å². The molecule has 6 atom stereocenters. The zero-order valence-electron chi connectivity index (χ0n) is 21.9. The fraction of sp³-hybridized carbons (Fsp3) is 0.333. The third-order valence-electron chi connectivity index (χ3n) is 6.60. The number of amides is 1. The number of aliphatic hydroxyl groups is 4. The van der Waals surface area contributed by atoms with Gasteiger partial charge in [0, 0.05) is 17.5 Å². The van der Waals surface area contributed by atoms with Crippen molar-refractivity contribution in [3.05, 3.63) is 90.0 Å². The summed E-state index contributed by atoms with van der Waals surface area (Å²) in [6.45, 7) is 1.33. The average Bonchev–Trinajstić information content (AvgIpc) is 2.98. The highest BCUT2D eigenvalue weighted by Crippen LogP contribution is 2.33. The number of carbonyl (C=O) groups is 2. The third kappa shape index (κ3) is 6.85. The fourth-order valence-electron chi connectivity index (χ4n) is 4.43. The molecule has 0 aromatic heterocycles. The Hall–Kier alpha value is -3.80. The van der Waals surface area contributed by atoms with Crippen LogP contribution in [-0.2, 0) is 20.7 Å². The number of aliphatic hydroxyl groups excluding tert-OH is 4. The number of benzene rings is 3. The fourth-order valence-corrected chi connectivity index (χ4v) is 4.43. The minimum atomic E-state index is -1.57. The summed E-state index contributed by atoms with van der Waals surface area (Å²) in [4.78, 5) is 25.6. The standard InChI is InChI=1S/C30H33NO9/c1-2-38-29(37)22(16-18-8-4-3-5-9-18)31-28(36)20-14-12-19(13-15-20)21-10-6-7-11-23(21)39-30-27(35)26(34)25(33)24(17-32)40-30/h3-15,22,24-27,30,32-35H,2,16-17H2,1H3,(H,31,36)/t22-,24-,25-,26+,27+,30+/m1/s1. The highest BCUT2D eigenvalue weighted by Gasteiger charge is 2.44. The van der Waals surface area contributed by atoms with Crippen molar-refractivity contribution < 1.29 is 44.2 Å². The molecule has 0 saturated carbocycles. The molecule has 4 rings (SSSR count). The van der Waals surface area contributed by atoms with Crippen molar-refractivity contribution in [3.8, 4) is 16.9 Å². The van der Waals surface area contributed by atoms with E-state index in [1.165, 1.54) is 0 Å². The Kier molecular flexibility index (Phi) is 9.86. The molecule has 0 spiro atoms. The van der Waals surface area contributed by atoms with Crippen LogP contribution in [0.3, 0.4) is 0 Å². The first-order valence-corrected chi connectivity index (χ1v) is 13.0. The van der Waals surface area contributed by atoms with E-state index in [1.807, 2.05) is 30.3 Å². The van der Waals surface area contributed by atoms with E-state index in [4.69, 9.17) is 14.2 Å². The van der Waals surface area contributed by atoms with Crippen molar-refractivity contribution in [2.45, 2.75) is 50.1 Å². The van der Waals surface area contributed by atoms with Crippen LogP contribution in [0, 0.1) is 0 Å². The number of rotatable bonds is 10. The lowest BCUT2D eigenvalue weighted by Gasteiger charge is -2.39. The maximum Gasteiger partial charge on any atom is 0.328 e. The number of nitrogens with one attached hydrogen (secondary N) is 1. The van der Waals surface area contributed by atoms with E-state index in [-0.39, 0.29) is 13.0 Å². The first-order valence-electron chi connectivity index (χ1n) is 13.0. The second-order valence-electron chi connectivity index (χ2n) is 9.36. The van der Waals surface area contributed by atoms with Gasteiger partial charge in [-0.25, -0.2) is 4.79 Å². The number of hydrogen-bond donors (Lipinski definition) is 5. The Bertz CT molecular complexity index is 1270. The van der Waals surface area contributed by atoms with Gasteiger partial charge in [-0.2, -0.15) is 0 Å². The largest absolute Gasteiger partial charge is 0.464 e. The molecule has 0 bridgehead atoms. The first kappa shape index (κ1) is 29.2. The van der Waals surface area contributed by atoms with Crippen molar-refractivity contribution in [3.63, 3.8) is 0 Å². The van der Waals surface area contributed by atoms with E-state index in [1.54, 1.807) is 55.5 Å². The number of hydrogen-bond acceptors (Lipinski definition) is 9. The molecule has 212 valence electrons. The predicted octanol–water partition coefficient (Wildman–Crippen LogP) is 1.44. The summed E-state index contributed by atoms with van der Waals surface area (Å²) < 4.78 is 16.5. The van der Waals surface area contributed by atoms with Gasteiger partial charge in [-0.3, -0.25) is 4.79 Å². The molecule has 3 aromatic rings. The lowest BCUT2D eigenvalue weighted by molar-refractivity contribution is -0.277. The van der Waals surface area contributed by atoms with Crippen LogP contribution in [-0.4, -0.2) is 82.3 Å². The van der Waals surface area contributed by atoms with Crippen molar-refractivity contribution in [2.75, 3.05) is 13.2 Å². The molecule has 1 aliphatic rings. The number of carbonyl (C=O) groups excluding carboxylic acids is 2. The SMILES string of the molecule is CCOC(=O)[C@@H](Cc1ccccc1)NC(=O)c1ccc(-c2ccccc2O[C@H]2O[C@H](CO)[C@@H](O)[C@H](O)[C@@H]2O)cc1. The normalized spacial score (nSPS) is 23.2. The van der Waals surface area contributed by atoms with Crippen LogP contribution in [0.4, 0.5) is 0 Å². The van der Waals surface area contributed by atoms with Crippen LogP contribution in [0.2, 0.25) is 0 Å².